The van der Waals surface area contributed by atoms with E-state index >= 15 is 0 Å². The second-order valence-corrected chi connectivity index (χ2v) is 9.55. The Morgan fingerprint density at radius 1 is 1.44 bits per heavy atom. The molecule has 0 saturated heterocycles. The summed E-state index contributed by atoms with van der Waals surface area (Å²) in [5, 5.41) is 0.438. The summed E-state index contributed by atoms with van der Waals surface area (Å²) in [6.07, 6.45) is 1.98. The van der Waals surface area contributed by atoms with Crippen molar-refractivity contribution in [1.29, 1.82) is 0 Å². The summed E-state index contributed by atoms with van der Waals surface area (Å²) in [6.45, 7) is 4.26. The molecule has 2 rings (SSSR count). The van der Waals surface area contributed by atoms with Crippen LogP contribution in [0, 0.1) is 11.8 Å². The fourth-order valence-corrected chi connectivity index (χ4v) is 6.02. The summed E-state index contributed by atoms with van der Waals surface area (Å²) >= 11 is 10.3. The van der Waals surface area contributed by atoms with Gasteiger partial charge in [-0.05, 0) is 46.7 Å². The predicted molar refractivity (Wildman–Crippen MR) is 78.7 cm³/mol. The molecule has 0 spiro atoms. The third-order valence-corrected chi connectivity index (χ3v) is 8.10. The van der Waals surface area contributed by atoms with Crippen LogP contribution < -0.4 is 4.72 Å². The number of halogens is 2. The van der Waals surface area contributed by atoms with Gasteiger partial charge in [0.05, 0.1) is 8.81 Å². The Morgan fingerprint density at radius 2 is 2.11 bits per heavy atom. The van der Waals surface area contributed by atoms with E-state index in [0.717, 1.165) is 24.2 Å². The highest BCUT2D eigenvalue weighted by Gasteiger charge is 2.33. The van der Waals surface area contributed by atoms with Crippen LogP contribution >= 0.6 is 38.9 Å². The zero-order valence-corrected chi connectivity index (χ0v) is 14.1. The molecule has 1 saturated carbocycles. The van der Waals surface area contributed by atoms with E-state index in [1.807, 2.05) is 0 Å². The van der Waals surface area contributed by atoms with Crippen LogP contribution in [0.1, 0.15) is 26.7 Å². The Labute approximate surface area is 125 Å². The standard InChI is InChI=1S/C11H15BrClNO2S2/c1-6-3-4-9(7(6)2)14-18(15,16)10-5-8(13)11(12)17-10/h5-7,9,14H,3-4H2,1-2H3. The van der Waals surface area contributed by atoms with Crippen molar-refractivity contribution >= 4 is 48.9 Å². The lowest BCUT2D eigenvalue weighted by Crippen LogP contribution is -2.36. The molecule has 0 bridgehead atoms. The molecule has 1 aliphatic carbocycles. The molecule has 7 heteroatoms. The van der Waals surface area contributed by atoms with Gasteiger partial charge in [-0.2, -0.15) is 0 Å². The van der Waals surface area contributed by atoms with Gasteiger partial charge in [-0.15, -0.1) is 11.3 Å². The van der Waals surface area contributed by atoms with Crippen LogP contribution in [0.2, 0.25) is 5.02 Å². The van der Waals surface area contributed by atoms with Crippen molar-refractivity contribution in [2.24, 2.45) is 11.8 Å². The first-order chi connectivity index (χ1) is 8.31. The lowest BCUT2D eigenvalue weighted by Gasteiger charge is -2.18. The van der Waals surface area contributed by atoms with Crippen molar-refractivity contribution in [3.05, 3.63) is 14.9 Å². The molecule has 0 amide bonds. The summed E-state index contributed by atoms with van der Waals surface area (Å²) in [6, 6.07) is 1.52. The predicted octanol–water partition coefficient (Wildman–Crippen LogP) is 3.88. The van der Waals surface area contributed by atoms with Crippen LogP contribution in [0.15, 0.2) is 14.1 Å². The fourth-order valence-electron chi connectivity index (χ4n) is 2.25. The van der Waals surface area contributed by atoms with E-state index in [1.54, 1.807) is 0 Å². The van der Waals surface area contributed by atoms with E-state index in [4.69, 9.17) is 11.6 Å². The molecule has 3 nitrogen and oxygen atoms in total. The first-order valence-electron chi connectivity index (χ1n) is 5.78. The molecule has 3 unspecified atom stereocenters. The zero-order chi connectivity index (χ0) is 13.5. The number of sulfonamides is 1. The average molecular weight is 373 g/mol. The van der Waals surface area contributed by atoms with E-state index in [9.17, 15) is 8.42 Å². The fraction of sp³-hybridized carbons (Fsp3) is 0.636. The highest BCUT2D eigenvalue weighted by Crippen LogP contribution is 2.36. The Balaban J connectivity index is 2.18. The maximum atomic E-state index is 12.2. The van der Waals surface area contributed by atoms with Gasteiger partial charge in [0.25, 0.3) is 0 Å². The zero-order valence-electron chi connectivity index (χ0n) is 10.1. The summed E-state index contributed by atoms with van der Waals surface area (Å²) in [5.74, 6) is 0.940. The second-order valence-electron chi connectivity index (χ2n) is 4.83. The first kappa shape index (κ1) is 14.8. The number of hydrogen-bond acceptors (Lipinski definition) is 3. The Morgan fingerprint density at radius 3 is 2.56 bits per heavy atom. The van der Waals surface area contributed by atoms with Crippen LogP contribution in [-0.4, -0.2) is 14.5 Å². The minimum Gasteiger partial charge on any atom is -0.207 e. The molecule has 1 N–H and O–H groups in total. The molecule has 18 heavy (non-hydrogen) atoms. The smallest absolute Gasteiger partial charge is 0.207 e. The average Bonchev–Trinajstić information content (AvgIpc) is 2.77. The Bertz CT molecular complexity index is 524. The molecule has 0 radical (unpaired) electrons. The molecule has 1 fully saturated rings. The first-order valence-corrected chi connectivity index (χ1v) is 9.25. The molecular formula is C11H15BrClNO2S2. The quantitative estimate of drug-likeness (QED) is 0.875. The summed E-state index contributed by atoms with van der Waals surface area (Å²) in [4.78, 5) is 0. The van der Waals surface area contributed by atoms with Crippen LogP contribution in [0.3, 0.4) is 0 Å². The van der Waals surface area contributed by atoms with Crippen molar-refractivity contribution in [3.8, 4) is 0 Å². The second kappa shape index (κ2) is 5.40. The van der Waals surface area contributed by atoms with Crippen molar-refractivity contribution in [1.82, 2.24) is 4.72 Å². The van der Waals surface area contributed by atoms with E-state index in [1.165, 1.54) is 6.07 Å². The maximum Gasteiger partial charge on any atom is 0.250 e. The van der Waals surface area contributed by atoms with Crippen molar-refractivity contribution < 1.29 is 8.42 Å². The van der Waals surface area contributed by atoms with Crippen molar-refractivity contribution in [2.45, 2.75) is 36.9 Å². The van der Waals surface area contributed by atoms with Gasteiger partial charge in [-0.3, -0.25) is 0 Å². The van der Waals surface area contributed by atoms with Gasteiger partial charge >= 0.3 is 0 Å². The number of hydrogen-bond donors (Lipinski definition) is 1. The highest BCUT2D eigenvalue weighted by molar-refractivity contribution is 9.11. The van der Waals surface area contributed by atoms with Crippen LogP contribution in [-0.2, 0) is 10.0 Å². The molecule has 0 aliphatic heterocycles. The Kier molecular flexibility index (Phi) is 4.44. The van der Waals surface area contributed by atoms with Crippen molar-refractivity contribution in [3.63, 3.8) is 0 Å². The molecule has 1 aliphatic rings. The third-order valence-electron chi connectivity index (χ3n) is 3.66. The number of thiophene rings is 1. The molecule has 1 aromatic rings. The van der Waals surface area contributed by atoms with Gasteiger partial charge in [0.2, 0.25) is 10.0 Å². The van der Waals surface area contributed by atoms with Gasteiger partial charge in [-0.25, -0.2) is 13.1 Å². The van der Waals surface area contributed by atoms with E-state index in [2.05, 4.69) is 34.5 Å². The normalized spacial score (nSPS) is 28.8. The monoisotopic (exact) mass is 371 g/mol. The minimum absolute atomic E-state index is 0.0321. The Hall–Kier alpha value is 0.380. The van der Waals surface area contributed by atoms with Crippen LogP contribution in [0.25, 0.3) is 0 Å². The largest absolute Gasteiger partial charge is 0.250 e. The summed E-state index contributed by atoms with van der Waals surface area (Å²) in [5.41, 5.74) is 0. The van der Waals surface area contributed by atoms with Crippen molar-refractivity contribution in [2.75, 3.05) is 0 Å². The molecule has 1 heterocycles. The summed E-state index contributed by atoms with van der Waals surface area (Å²) < 4.78 is 28.2. The number of rotatable bonds is 3. The lowest BCUT2D eigenvalue weighted by atomic mass is 9.98. The molecule has 102 valence electrons. The van der Waals surface area contributed by atoms with Gasteiger partial charge in [-0.1, -0.05) is 25.4 Å². The van der Waals surface area contributed by atoms with Gasteiger partial charge in [0, 0.05) is 6.04 Å². The lowest BCUT2D eigenvalue weighted by molar-refractivity contribution is 0.402. The van der Waals surface area contributed by atoms with Crippen LogP contribution in [0.4, 0.5) is 0 Å². The van der Waals surface area contributed by atoms with Crippen LogP contribution in [0.5, 0.6) is 0 Å². The summed E-state index contributed by atoms with van der Waals surface area (Å²) in [7, 11) is -3.45. The van der Waals surface area contributed by atoms with Gasteiger partial charge in [0.1, 0.15) is 4.21 Å². The van der Waals surface area contributed by atoms with Gasteiger partial charge in [0.15, 0.2) is 0 Å². The maximum absolute atomic E-state index is 12.2. The molecular weight excluding hydrogens is 358 g/mol. The number of nitrogens with one attached hydrogen (secondary N) is 1. The van der Waals surface area contributed by atoms with Gasteiger partial charge < -0.3 is 0 Å². The molecule has 1 aromatic heterocycles. The van der Waals surface area contributed by atoms with E-state index < -0.39 is 10.0 Å². The highest BCUT2D eigenvalue weighted by atomic mass is 79.9. The van der Waals surface area contributed by atoms with E-state index in [0.29, 0.717) is 20.6 Å². The molecule has 3 atom stereocenters. The van der Waals surface area contributed by atoms with E-state index in [-0.39, 0.29) is 10.3 Å². The minimum atomic E-state index is -3.45. The third kappa shape index (κ3) is 2.93. The molecule has 0 aromatic carbocycles. The topological polar surface area (TPSA) is 46.2 Å². The SMILES string of the molecule is CC1CCC(NS(=O)(=O)c2cc(Cl)c(Br)s2)C1C.